The maximum absolute atomic E-state index is 12.5. The molecule has 0 aliphatic carbocycles. The summed E-state index contributed by atoms with van der Waals surface area (Å²) in [6.45, 7) is 0. The van der Waals surface area contributed by atoms with Crippen LogP contribution in [0.25, 0.3) is 0 Å². The molecule has 0 radical (unpaired) electrons. The largest absolute Gasteiger partial charge is 0.481 e. The molecule has 0 saturated carbocycles. The van der Waals surface area contributed by atoms with E-state index in [1.54, 1.807) is 0 Å². The molecule has 1 N–H and O–H groups in total. The average molecular weight is 281 g/mol. The second kappa shape index (κ2) is 6.09. The first kappa shape index (κ1) is 14.8. The van der Waals surface area contributed by atoms with Crippen LogP contribution in [-0.2, 0) is 11.0 Å². The Labute approximate surface area is 107 Å². The van der Waals surface area contributed by atoms with E-state index in [2.05, 4.69) is 0 Å². The summed E-state index contributed by atoms with van der Waals surface area (Å²) < 4.78 is 37.5. The highest BCUT2D eigenvalue weighted by atomic mass is 35.5. The Bertz CT molecular complexity index is 418. The molecule has 0 saturated heterocycles. The van der Waals surface area contributed by atoms with Crippen molar-refractivity contribution in [2.75, 3.05) is 5.88 Å². The van der Waals surface area contributed by atoms with Crippen molar-refractivity contribution in [3.8, 4) is 0 Å². The monoisotopic (exact) mass is 280 g/mol. The lowest BCUT2D eigenvalue weighted by molar-refractivity contribution is -0.140. The Morgan fingerprint density at radius 1 is 1.39 bits per heavy atom. The number of hydrogen-bond donors (Lipinski definition) is 1. The summed E-state index contributed by atoms with van der Waals surface area (Å²) in [5.41, 5.74) is -0.681. The number of hydrogen-bond acceptors (Lipinski definition) is 1. The first-order valence-corrected chi connectivity index (χ1v) is 5.85. The molecule has 18 heavy (non-hydrogen) atoms. The molecule has 1 rings (SSSR count). The van der Waals surface area contributed by atoms with E-state index in [0.717, 1.165) is 12.1 Å². The fraction of sp³-hybridized carbons (Fsp3) is 0.417. The molecular weight excluding hydrogens is 269 g/mol. The van der Waals surface area contributed by atoms with Gasteiger partial charge in [-0.15, -0.1) is 11.6 Å². The van der Waals surface area contributed by atoms with Crippen LogP contribution in [0.3, 0.4) is 0 Å². The smallest absolute Gasteiger partial charge is 0.416 e. The predicted octanol–water partition coefficient (Wildman–Crippen LogP) is 3.89. The van der Waals surface area contributed by atoms with Gasteiger partial charge in [0.05, 0.1) is 11.5 Å². The molecule has 0 bridgehead atoms. The lowest BCUT2D eigenvalue weighted by Gasteiger charge is -2.14. The van der Waals surface area contributed by atoms with Gasteiger partial charge in [-0.2, -0.15) is 13.2 Å². The molecular formula is C12H12ClF3O2. The molecule has 0 amide bonds. The van der Waals surface area contributed by atoms with Gasteiger partial charge in [-0.1, -0.05) is 18.2 Å². The summed E-state index contributed by atoms with van der Waals surface area (Å²) in [4.78, 5) is 11.0. The van der Waals surface area contributed by atoms with Crippen molar-refractivity contribution >= 4 is 17.6 Å². The van der Waals surface area contributed by atoms with E-state index in [-0.39, 0.29) is 17.9 Å². The number of carboxylic acid groups (broad SMARTS) is 1. The van der Waals surface area contributed by atoms with Gasteiger partial charge in [0.25, 0.3) is 0 Å². The molecule has 1 atom stereocenters. The zero-order valence-corrected chi connectivity index (χ0v) is 10.1. The number of halogens is 4. The maximum Gasteiger partial charge on any atom is 0.416 e. The molecule has 6 heteroatoms. The van der Waals surface area contributed by atoms with Gasteiger partial charge in [0, 0.05) is 5.88 Å². The van der Waals surface area contributed by atoms with Crippen molar-refractivity contribution in [2.45, 2.75) is 24.9 Å². The van der Waals surface area contributed by atoms with Gasteiger partial charge in [-0.25, -0.2) is 0 Å². The third-order valence-electron chi connectivity index (χ3n) is 2.54. The second-order valence-electron chi connectivity index (χ2n) is 3.85. The topological polar surface area (TPSA) is 37.3 Å². The Hall–Kier alpha value is -1.23. The summed E-state index contributed by atoms with van der Waals surface area (Å²) in [5, 5.41) is 9.02. The van der Waals surface area contributed by atoms with E-state index in [1.165, 1.54) is 12.1 Å². The highest BCUT2D eigenvalue weighted by molar-refractivity contribution is 6.17. The average Bonchev–Trinajstić information content (AvgIpc) is 2.28. The fourth-order valence-electron chi connectivity index (χ4n) is 1.65. The quantitative estimate of drug-likeness (QED) is 0.831. The summed E-state index contributed by atoms with van der Waals surface area (Å²) in [6.07, 6.45) is -3.81. The first-order chi connectivity index (χ1) is 8.36. The van der Waals surface area contributed by atoms with Gasteiger partial charge >= 0.3 is 12.1 Å². The number of rotatable bonds is 5. The van der Waals surface area contributed by atoms with E-state index in [1.807, 2.05) is 0 Å². The van der Waals surface area contributed by atoms with E-state index in [4.69, 9.17) is 16.7 Å². The van der Waals surface area contributed by atoms with Crippen LogP contribution in [0.1, 0.15) is 29.9 Å². The molecule has 1 aromatic rings. The van der Waals surface area contributed by atoms with Crippen LogP contribution in [-0.4, -0.2) is 17.0 Å². The van der Waals surface area contributed by atoms with Crippen LogP contribution < -0.4 is 0 Å². The summed E-state index contributed by atoms with van der Waals surface area (Å²) in [6, 6.07) is 4.41. The molecule has 2 nitrogen and oxygen atoms in total. The minimum atomic E-state index is -4.47. The molecule has 0 heterocycles. The van der Waals surface area contributed by atoms with Gasteiger partial charge in [-0.3, -0.25) is 4.79 Å². The Balaban J connectivity index is 3.02. The Morgan fingerprint density at radius 2 is 2.06 bits per heavy atom. The van der Waals surface area contributed by atoms with Gasteiger partial charge in [0.1, 0.15) is 0 Å². The minimum Gasteiger partial charge on any atom is -0.481 e. The van der Waals surface area contributed by atoms with Crippen LogP contribution in [0, 0.1) is 0 Å². The highest BCUT2D eigenvalue weighted by Crippen LogP contribution is 2.32. The third-order valence-corrected chi connectivity index (χ3v) is 2.81. The number of carboxylic acids is 1. The molecule has 0 aromatic heterocycles. The summed E-state index contributed by atoms with van der Waals surface area (Å²) >= 11 is 5.47. The van der Waals surface area contributed by atoms with E-state index in [0.29, 0.717) is 6.42 Å². The van der Waals surface area contributed by atoms with E-state index in [9.17, 15) is 18.0 Å². The molecule has 0 spiro atoms. The molecule has 100 valence electrons. The lowest BCUT2D eigenvalue weighted by Crippen LogP contribution is -2.13. The van der Waals surface area contributed by atoms with Crippen molar-refractivity contribution in [2.24, 2.45) is 0 Å². The molecule has 1 aromatic carbocycles. The van der Waals surface area contributed by atoms with Crippen LogP contribution in [0.5, 0.6) is 0 Å². The standard InChI is InChI=1S/C12H12ClF3O2/c13-6-2-5-10(11(17)18)8-3-1-4-9(7-8)12(14,15)16/h1,3-4,7,10H,2,5-6H2,(H,17,18)/t10-/m0/s1. The fourth-order valence-corrected chi connectivity index (χ4v) is 1.80. The van der Waals surface area contributed by atoms with Crippen molar-refractivity contribution in [1.29, 1.82) is 0 Å². The van der Waals surface area contributed by atoms with Gasteiger partial charge in [0.15, 0.2) is 0 Å². The third kappa shape index (κ3) is 3.91. The van der Waals surface area contributed by atoms with Gasteiger partial charge in [-0.05, 0) is 24.5 Å². The van der Waals surface area contributed by atoms with Crippen LogP contribution in [0.15, 0.2) is 24.3 Å². The molecule has 0 fully saturated rings. The number of benzene rings is 1. The van der Waals surface area contributed by atoms with Gasteiger partial charge < -0.3 is 5.11 Å². The van der Waals surface area contributed by atoms with E-state index < -0.39 is 23.6 Å². The van der Waals surface area contributed by atoms with Crippen LogP contribution >= 0.6 is 11.6 Å². The van der Waals surface area contributed by atoms with Crippen LogP contribution in [0.2, 0.25) is 0 Å². The molecule has 0 unspecified atom stereocenters. The minimum absolute atomic E-state index is 0.155. The summed E-state index contributed by atoms with van der Waals surface area (Å²) in [5.74, 6) is -1.81. The zero-order chi connectivity index (χ0) is 13.8. The molecule has 0 aliphatic rings. The molecule has 0 aliphatic heterocycles. The number of carbonyl (C=O) groups is 1. The second-order valence-corrected chi connectivity index (χ2v) is 4.22. The normalized spacial score (nSPS) is 13.3. The number of aliphatic carboxylic acids is 1. The van der Waals surface area contributed by atoms with E-state index >= 15 is 0 Å². The van der Waals surface area contributed by atoms with Gasteiger partial charge in [0.2, 0.25) is 0 Å². The van der Waals surface area contributed by atoms with Crippen molar-refractivity contribution < 1.29 is 23.1 Å². The summed E-state index contributed by atoms with van der Waals surface area (Å²) in [7, 11) is 0. The Morgan fingerprint density at radius 3 is 2.56 bits per heavy atom. The SMILES string of the molecule is O=C(O)[C@@H](CCCCl)c1cccc(C(F)(F)F)c1. The maximum atomic E-state index is 12.5. The first-order valence-electron chi connectivity index (χ1n) is 5.32. The number of alkyl halides is 4. The predicted molar refractivity (Wildman–Crippen MR) is 61.8 cm³/mol. The zero-order valence-electron chi connectivity index (χ0n) is 9.38. The highest BCUT2D eigenvalue weighted by Gasteiger charge is 2.31. The van der Waals surface area contributed by atoms with Crippen molar-refractivity contribution in [3.05, 3.63) is 35.4 Å². The van der Waals surface area contributed by atoms with Crippen molar-refractivity contribution in [3.63, 3.8) is 0 Å². The Kier molecular flexibility index (Phi) is 5.02. The van der Waals surface area contributed by atoms with Crippen LogP contribution in [0.4, 0.5) is 13.2 Å². The van der Waals surface area contributed by atoms with Crippen molar-refractivity contribution in [1.82, 2.24) is 0 Å². The lowest BCUT2D eigenvalue weighted by atomic mass is 9.93.